The summed E-state index contributed by atoms with van der Waals surface area (Å²) in [5, 5.41) is 5.16. The van der Waals surface area contributed by atoms with E-state index in [1.54, 1.807) is 0 Å². The van der Waals surface area contributed by atoms with Gasteiger partial charge in [-0.15, -0.1) is 0 Å². The molecule has 0 fully saturated rings. The van der Waals surface area contributed by atoms with Gasteiger partial charge in [0.1, 0.15) is 0 Å². The molecule has 8 aromatic carbocycles. The molecule has 0 unspecified atom stereocenters. The third-order valence-electron chi connectivity index (χ3n) is 15.2. The lowest BCUT2D eigenvalue weighted by Crippen LogP contribution is -2.29. The molecule has 0 bridgehead atoms. The van der Waals surface area contributed by atoms with E-state index in [0.717, 1.165) is 20.3 Å². The highest BCUT2D eigenvalue weighted by Crippen LogP contribution is 2.58. The Balaban J connectivity index is 1.22. The number of halogens is 2. The SMILES string of the molecule is CC(C)(C)c1ccc2c(c1)c1cc(C(C)(C)C)ccc1n2-c1ccc2c(c1)C(c1ccc(Br)cc1)(c1ccc(Br)cc1)c1cc(-n3c4ccc(C(C)(C)C)cc4c4cc(C(C)(C)C)ccc43)ccc1-2. The van der Waals surface area contributed by atoms with Gasteiger partial charge in [0.15, 0.2) is 0 Å². The number of aromatic nitrogens is 2. The Morgan fingerprint density at radius 2 is 0.594 bits per heavy atom. The fraction of sp³-hybridized carbons (Fsp3) is 0.262. The molecule has 0 amide bonds. The predicted octanol–water partition coefficient (Wildman–Crippen LogP) is 19.0. The minimum Gasteiger partial charge on any atom is -0.309 e. The van der Waals surface area contributed by atoms with Crippen molar-refractivity contribution in [2.24, 2.45) is 0 Å². The van der Waals surface area contributed by atoms with Gasteiger partial charge >= 0.3 is 0 Å². The lowest BCUT2D eigenvalue weighted by Gasteiger charge is -2.34. The van der Waals surface area contributed by atoms with Crippen molar-refractivity contribution in [3.63, 3.8) is 0 Å². The Morgan fingerprint density at radius 1 is 0.319 bits per heavy atom. The van der Waals surface area contributed by atoms with E-state index in [0.29, 0.717) is 0 Å². The fourth-order valence-electron chi connectivity index (χ4n) is 11.2. The zero-order chi connectivity index (χ0) is 48.7. The van der Waals surface area contributed by atoms with Gasteiger partial charge in [-0.05, 0) is 174 Å². The lowest BCUT2D eigenvalue weighted by molar-refractivity contribution is 0.590. The molecule has 0 aliphatic heterocycles. The Bertz CT molecular complexity index is 3310. The van der Waals surface area contributed by atoms with Crippen LogP contribution in [0.5, 0.6) is 0 Å². The molecule has 11 rings (SSSR count). The summed E-state index contributed by atoms with van der Waals surface area (Å²) in [5.41, 5.74) is 19.4. The minimum absolute atomic E-state index is 0.0152. The van der Waals surface area contributed by atoms with Gasteiger partial charge in [-0.3, -0.25) is 0 Å². The van der Waals surface area contributed by atoms with E-state index in [4.69, 9.17) is 0 Å². The quantitative estimate of drug-likeness (QED) is 0.166. The first-order valence-corrected chi connectivity index (χ1v) is 26.1. The zero-order valence-electron chi connectivity index (χ0n) is 42.2. The second kappa shape index (κ2) is 15.7. The van der Waals surface area contributed by atoms with E-state index in [9.17, 15) is 0 Å². The lowest BCUT2D eigenvalue weighted by atomic mass is 9.67. The molecular formula is C65H62Br2N2. The molecule has 2 heterocycles. The molecule has 0 saturated heterocycles. The number of hydrogen-bond acceptors (Lipinski definition) is 0. The van der Waals surface area contributed by atoms with Gasteiger partial charge in [-0.1, -0.05) is 176 Å². The average molecular weight is 1030 g/mol. The van der Waals surface area contributed by atoms with E-state index in [-0.39, 0.29) is 21.7 Å². The van der Waals surface area contributed by atoms with Crippen LogP contribution in [-0.2, 0) is 27.1 Å². The highest BCUT2D eigenvalue weighted by molar-refractivity contribution is 9.10. The van der Waals surface area contributed by atoms with Crippen LogP contribution in [0.4, 0.5) is 0 Å². The first-order valence-electron chi connectivity index (χ1n) is 24.5. The van der Waals surface area contributed by atoms with Crippen molar-refractivity contribution in [1.29, 1.82) is 0 Å². The molecule has 4 heteroatoms. The van der Waals surface area contributed by atoms with Crippen molar-refractivity contribution in [3.05, 3.63) is 211 Å². The topological polar surface area (TPSA) is 9.86 Å². The van der Waals surface area contributed by atoms with Gasteiger partial charge in [-0.2, -0.15) is 0 Å². The largest absolute Gasteiger partial charge is 0.309 e. The van der Waals surface area contributed by atoms with E-state index < -0.39 is 5.41 Å². The second-order valence-electron chi connectivity index (χ2n) is 23.8. The van der Waals surface area contributed by atoms with Crippen LogP contribution in [-0.4, -0.2) is 9.13 Å². The number of rotatable bonds is 4. The summed E-state index contributed by atoms with van der Waals surface area (Å²) in [4.78, 5) is 0. The van der Waals surface area contributed by atoms with Gasteiger partial charge in [0.2, 0.25) is 0 Å². The highest BCUT2D eigenvalue weighted by Gasteiger charge is 2.47. The van der Waals surface area contributed by atoms with E-state index in [1.165, 1.54) is 99.2 Å². The Morgan fingerprint density at radius 3 is 0.855 bits per heavy atom. The molecule has 2 nitrogen and oxygen atoms in total. The third-order valence-corrected chi connectivity index (χ3v) is 16.2. The summed E-state index contributed by atoms with van der Waals surface area (Å²) in [6.45, 7) is 27.8. The summed E-state index contributed by atoms with van der Waals surface area (Å²) < 4.78 is 7.15. The van der Waals surface area contributed by atoms with E-state index >= 15 is 0 Å². The van der Waals surface area contributed by atoms with Crippen molar-refractivity contribution in [2.75, 3.05) is 0 Å². The molecule has 0 spiro atoms. The normalized spacial score (nSPS) is 14.1. The molecule has 346 valence electrons. The van der Waals surface area contributed by atoms with Crippen LogP contribution in [0, 0.1) is 0 Å². The van der Waals surface area contributed by atoms with Crippen LogP contribution >= 0.6 is 31.9 Å². The molecule has 0 saturated carbocycles. The number of hydrogen-bond donors (Lipinski definition) is 0. The smallest absolute Gasteiger partial charge is 0.0715 e. The number of benzene rings is 8. The summed E-state index contributed by atoms with van der Waals surface area (Å²) in [5.74, 6) is 0. The minimum atomic E-state index is -0.659. The van der Waals surface area contributed by atoms with Crippen molar-refractivity contribution in [3.8, 4) is 22.5 Å². The third kappa shape index (κ3) is 7.29. The van der Waals surface area contributed by atoms with Crippen molar-refractivity contribution in [1.82, 2.24) is 9.13 Å². The monoisotopic (exact) mass is 1030 g/mol. The summed E-state index contributed by atoms with van der Waals surface area (Å²) in [6, 6.07) is 61.3. The second-order valence-corrected chi connectivity index (χ2v) is 25.7. The van der Waals surface area contributed by atoms with Crippen LogP contribution in [0.25, 0.3) is 66.1 Å². The van der Waals surface area contributed by atoms with Gasteiger partial charge in [0.25, 0.3) is 0 Å². The zero-order valence-corrected chi connectivity index (χ0v) is 45.3. The Hall–Kier alpha value is -5.68. The summed E-state index contributed by atoms with van der Waals surface area (Å²) >= 11 is 7.65. The molecule has 0 radical (unpaired) electrons. The Kier molecular flexibility index (Phi) is 10.4. The number of nitrogens with zero attached hydrogens (tertiary/aromatic N) is 2. The molecule has 0 atom stereocenters. The van der Waals surface area contributed by atoms with Gasteiger partial charge in [0, 0.05) is 41.9 Å². The van der Waals surface area contributed by atoms with Crippen LogP contribution in [0.3, 0.4) is 0 Å². The van der Waals surface area contributed by atoms with Gasteiger partial charge < -0.3 is 9.13 Å². The summed E-state index contributed by atoms with van der Waals surface area (Å²) in [7, 11) is 0. The van der Waals surface area contributed by atoms with Crippen LogP contribution in [0.2, 0.25) is 0 Å². The van der Waals surface area contributed by atoms with E-state index in [2.05, 4.69) is 282 Å². The molecule has 1 aliphatic carbocycles. The maximum Gasteiger partial charge on any atom is 0.0715 e. The molecule has 2 aromatic heterocycles. The Labute approximate surface area is 425 Å². The maximum absolute atomic E-state index is 3.82. The molecule has 10 aromatic rings. The first kappa shape index (κ1) is 45.7. The molecule has 69 heavy (non-hydrogen) atoms. The van der Waals surface area contributed by atoms with E-state index in [1.807, 2.05) is 0 Å². The molecule has 0 N–H and O–H groups in total. The predicted molar refractivity (Wildman–Crippen MR) is 303 cm³/mol. The van der Waals surface area contributed by atoms with Crippen molar-refractivity contribution in [2.45, 2.75) is 110 Å². The first-order chi connectivity index (χ1) is 32.5. The van der Waals surface area contributed by atoms with Gasteiger partial charge in [-0.25, -0.2) is 0 Å². The number of fused-ring (bicyclic) bond motifs is 9. The van der Waals surface area contributed by atoms with Crippen LogP contribution in [0.1, 0.15) is 128 Å². The molecular weight excluding hydrogens is 969 g/mol. The van der Waals surface area contributed by atoms with Crippen LogP contribution in [0.15, 0.2) is 167 Å². The maximum atomic E-state index is 3.82. The van der Waals surface area contributed by atoms with Gasteiger partial charge in [0.05, 0.1) is 27.5 Å². The average Bonchev–Trinajstić information content (AvgIpc) is 3.91. The van der Waals surface area contributed by atoms with Crippen LogP contribution < -0.4 is 0 Å². The van der Waals surface area contributed by atoms with Crippen molar-refractivity contribution >= 4 is 75.5 Å². The fourth-order valence-corrected chi connectivity index (χ4v) is 11.8. The standard InChI is InChI=1S/C65H62Br2N2/c1-61(2,3)41-17-29-57-51(33-41)52-34-42(62(4,5)6)18-30-58(52)68(57)47-25-27-49-50-28-26-48(38-56(50)65(55(49)37-47,39-13-21-45(66)22-14-39)40-15-23-46(67)24-16-40)69-59-31-19-43(63(7,8)9)35-53(59)54-36-44(64(10,11)12)20-32-60(54)69/h13-38H,1-12H3. The molecule has 1 aliphatic rings. The highest BCUT2D eigenvalue weighted by atomic mass is 79.9. The summed E-state index contributed by atoms with van der Waals surface area (Å²) in [6.07, 6.45) is 0. The van der Waals surface area contributed by atoms with Crippen molar-refractivity contribution < 1.29 is 0 Å².